The second kappa shape index (κ2) is 11.8. The molecule has 1 aromatic rings. The van der Waals surface area contributed by atoms with Gasteiger partial charge >= 0.3 is 30.1 Å². The van der Waals surface area contributed by atoms with Crippen molar-refractivity contribution in [1.82, 2.24) is 10.2 Å². The van der Waals surface area contributed by atoms with E-state index < -0.39 is 71.6 Å². The van der Waals surface area contributed by atoms with Gasteiger partial charge in [0.15, 0.2) is 23.7 Å². The fourth-order valence-corrected chi connectivity index (χ4v) is 6.57. The number of likely N-dealkylation sites (tertiary alicyclic amines) is 1. The van der Waals surface area contributed by atoms with Crippen molar-refractivity contribution in [2.24, 2.45) is 0 Å². The van der Waals surface area contributed by atoms with E-state index in [4.69, 9.17) is 24.1 Å². The van der Waals surface area contributed by atoms with E-state index in [0.29, 0.717) is 19.4 Å². The fourth-order valence-electron chi connectivity index (χ4n) is 6.57. The molecule has 6 atom stereocenters. The van der Waals surface area contributed by atoms with E-state index in [-0.39, 0.29) is 29.7 Å². The Morgan fingerprint density at radius 2 is 1.84 bits per heavy atom. The van der Waals surface area contributed by atoms with Crippen LogP contribution < -0.4 is 10.1 Å². The maximum absolute atomic E-state index is 12.9. The minimum Gasteiger partial charge on any atom is -0.504 e. The van der Waals surface area contributed by atoms with Crippen molar-refractivity contribution in [2.75, 3.05) is 13.6 Å². The molecular formula is C28H31F3N2O12. The number of ether oxygens (including phenoxy) is 3. The Balaban J connectivity index is 0.000000591. The summed E-state index contributed by atoms with van der Waals surface area (Å²) in [7, 11) is 1.95. The van der Waals surface area contributed by atoms with E-state index >= 15 is 0 Å². The van der Waals surface area contributed by atoms with Gasteiger partial charge < -0.3 is 44.9 Å². The highest BCUT2D eigenvalue weighted by atomic mass is 19.4. The number of amides is 1. The highest BCUT2D eigenvalue weighted by Crippen LogP contribution is 2.65. The highest BCUT2D eigenvalue weighted by Gasteiger charge is 2.72. The first-order valence-corrected chi connectivity index (χ1v) is 13.7. The minimum atomic E-state index is -5.08. The molecule has 0 aromatic heterocycles. The van der Waals surface area contributed by atoms with Crippen molar-refractivity contribution in [2.45, 2.75) is 81.0 Å². The number of carboxylic acids is 2. The summed E-state index contributed by atoms with van der Waals surface area (Å²) >= 11 is 0. The first kappa shape index (κ1) is 33.5. The van der Waals surface area contributed by atoms with Crippen LogP contribution in [-0.2, 0) is 45.3 Å². The number of nitrogens with zero attached hydrogens (tertiary/aromatic N) is 1. The molecule has 2 aliphatic heterocycles. The second-order valence-corrected chi connectivity index (χ2v) is 11.2. The SMILES string of the molecule is CC(=O)OC(C)C(=O)NC(CC(=O)OC1=CC[C@@]2(O)[C@H]3Cc4ccc(O)c5c4[C@@]2(CCN3C)[C@H]1O5)C(=O)O.O=C(O)C(F)(F)F. The summed E-state index contributed by atoms with van der Waals surface area (Å²) in [4.78, 5) is 59.0. The number of piperidine rings is 1. The van der Waals surface area contributed by atoms with Crippen LogP contribution in [0.1, 0.15) is 44.2 Å². The van der Waals surface area contributed by atoms with Crippen molar-refractivity contribution in [1.29, 1.82) is 0 Å². The molecule has 0 radical (unpaired) electrons. The molecule has 17 heteroatoms. The summed E-state index contributed by atoms with van der Waals surface area (Å²) < 4.78 is 48.3. The van der Waals surface area contributed by atoms with Gasteiger partial charge in [0.05, 0.1) is 17.4 Å². The monoisotopic (exact) mass is 644 g/mol. The lowest BCUT2D eigenvalue weighted by Crippen LogP contribution is -2.74. The van der Waals surface area contributed by atoms with Crippen LogP contribution in [0, 0.1) is 0 Å². The molecule has 2 unspecified atom stereocenters. The predicted molar refractivity (Wildman–Crippen MR) is 142 cm³/mol. The Morgan fingerprint density at radius 3 is 2.42 bits per heavy atom. The lowest BCUT2D eigenvalue weighted by atomic mass is 9.50. The number of benzene rings is 1. The van der Waals surface area contributed by atoms with Gasteiger partial charge in [0.2, 0.25) is 0 Å². The molecule has 2 aliphatic carbocycles. The normalized spacial score (nSPS) is 27.2. The van der Waals surface area contributed by atoms with E-state index in [0.717, 1.165) is 18.1 Å². The zero-order valence-corrected chi connectivity index (χ0v) is 24.2. The molecule has 1 saturated heterocycles. The van der Waals surface area contributed by atoms with Crippen molar-refractivity contribution in [3.63, 3.8) is 0 Å². The number of halogens is 3. The Labute approximate surface area is 253 Å². The summed E-state index contributed by atoms with van der Waals surface area (Å²) in [6.07, 6.45) is -5.14. The van der Waals surface area contributed by atoms with Crippen molar-refractivity contribution < 1.29 is 71.8 Å². The van der Waals surface area contributed by atoms with E-state index in [1.54, 1.807) is 12.1 Å². The highest BCUT2D eigenvalue weighted by molar-refractivity contribution is 5.90. The zero-order chi connectivity index (χ0) is 33.6. The average molecular weight is 645 g/mol. The van der Waals surface area contributed by atoms with Crippen molar-refractivity contribution >= 4 is 29.8 Å². The van der Waals surface area contributed by atoms with Crippen molar-refractivity contribution in [3.8, 4) is 11.5 Å². The number of esters is 2. The van der Waals surface area contributed by atoms with Crippen LogP contribution in [0.5, 0.6) is 11.5 Å². The quantitative estimate of drug-likeness (QED) is 0.260. The Kier molecular flexibility index (Phi) is 8.82. The second-order valence-electron chi connectivity index (χ2n) is 11.2. The van der Waals surface area contributed by atoms with Crippen LogP contribution in [-0.4, -0.2) is 105 Å². The number of phenolic OH excluding ortho intramolecular Hbond substituents is 1. The lowest BCUT2D eigenvalue weighted by Gasteiger charge is -2.61. The van der Waals surface area contributed by atoms with Gasteiger partial charge in [0.1, 0.15) is 11.8 Å². The molecule has 1 aromatic carbocycles. The Hall–Kier alpha value is -4.38. The number of carboxylic acid groups (broad SMARTS) is 2. The molecule has 2 heterocycles. The van der Waals surface area contributed by atoms with Gasteiger partial charge in [-0.2, -0.15) is 13.2 Å². The molecule has 5 N–H and O–H groups in total. The number of rotatable bonds is 7. The molecule has 14 nitrogen and oxygen atoms in total. The van der Waals surface area contributed by atoms with Crippen LogP contribution in [0.15, 0.2) is 24.0 Å². The summed E-state index contributed by atoms with van der Waals surface area (Å²) in [5, 5.41) is 41.6. The third-order valence-electron chi connectivity index (χ3n) is 8.52. The van der Waals surface area contributed by atoms with E-state index in [2.05, 4.69) is 10.2 Å². The van der Waals surface area contributed by atoms with Gasteiger partial charge in [-0.1, -0.05) is 6.07 Å². The molecule has 2 bridgehead atoms. The number of hydrogen-bond donors (Lipinski definition) is 5. The Bertz CT molecular complexity index is 1460. The first-order chi connectivity index (χ1) is 20.8. The molecule has 4 aliphatic rings. The number of aliphatic hydroxyl groups is 1. The third-order valence-corrected chi connectivity index (χ3v) is 8.52. The standard InChI is InChI=1S/C26H30N2O10.C2HF3O2/c1-12(36-13(2)29)23(32)27-15(24(33)34)11-19(31)37-17-6-7-26(35)18-10-14-4-5-16(30)21-20(14)25(26,22(17)38-21)8-9-28(18)3;3-2(4,5)1(6)7/h4-6,12,15,18,22,30,35H,7-11H2,1-3H3,(H,27,32)(H,33,34);(H,6,7)/t12?,15?,18-,22+,25+,26-;/m1./s1. The van der Waals surface area contributed by atoms with Gasteiger partial charge in [0, 0.05) is 24.9 Å². The number of alkyl halides is 3. The number of hydrogen-bond acceptors (Lipinski definition) is 11. The molecule has 246 valence electrons. The van der Waals surface area contributed by atoms with E-state index in [9.17, 15) is 47.7 Å². The molecule has 1 amide bonds. The molecule has 5 rings (SSSR count). The number of nitrogens with one attached hydrogen (secondary N) is 1. The summed E-state index contributed by atoms with van der Waals surface area (Å²) in [6, 6.07) is 1.53. The Morgan fingerprint density at radius 1 is 1.20 bits per heavy atom. The number of aromatic hydroxyl groups is 1. The van der Waals surface area contributed by atoms with Crippen LogP contribution >= 0.6 is 0 Å². The summed E-state index contributed by atoms with van der Waals surface area (Å²) in [5.74, 6) is -6.45. The molecule has 1 fully saturated rings. The van der Waals surface area contributed by atoms with Crippen LogP contribution in [0.4, 0.5) is 13.2 Å². The zero-order valence-electron chi connectivity index (χ0n) is 24.2. The number of phenols is 1. The third kappa shape index (κ3) is 5.88. The largest absolute Gasteiger partial charge is 0.504 e. The maximum atomic E-state index is 12.9. The number of aliphatic carboxylic acids is 2. The predicted octanol–water partition coefficient (Wildman–Crippen LogP) is 0.758. The molecule has 0 saturated carbocycles. The van der Waals surface area contributed by atoms with Crippen LogP contribution in [0.25, 0.3) is 0 Å². The summed E-state index contributed by atoms with van der Waals surface area (Å²) in [6.45, 7) is 3.04. The van der Waals surface area contributed by atoms with Gasteiger partial charge in [0.25, 0.3) is 5.91 Å². The first-order valence-electron chi connectivity index (χ1n) is 13.7. The van der Waals surface area contributed by atoms with Gasteiger partial charge in [-0.15, -0.1) is 0 Å². The average Bonchev–Trinajstić information content (AvgIpc) is 3.29. The summed E-state index contributed by atoms with van der Waals surface area (Å²) in [5.41, 5.74) is -0.525. The molecular weight excluding hydrogens is 613 g/mol. The minimum absolute atomic E-state index is 0.0755. The van der Waals surface area contributed by atoms with E-state index in [1.807, 2.05) is 13.1 Å². The molecule has 1 spiro atoms. The topological polar surface area (TPSA) is 209 Å². The van der Waals surface area contributed by atoms with Gasteiger partial charge in [-0.25, -0.2) is 9.59 Å². The van der Waals surface area contributed by atoms with Crippen molar-refractivity contribution in [3.05, 3.63) is 35.1 Å². The van der Waals surface area contributed by atoms with Crippen LogP contribution in [0.3, 0.4) is 0 Å². The number of carbonyl (C=O) groups excluding carboxylic acids is 3. The maximum Gasteiger partial charge on any atom is 0.490 e. The van der Waals surface area contributed by atoms with E-state index in [1.165, 1.54) is 6.92 Å². The van der Waals surface area contributed by atoms with Gasteiger partial charge in [-0.05, 0) is 51.1 Å². The van der Waals surface area contributed by atoms with Gasteiger partial charge in [-0.3, -0.25) is 14.4 Å². The fraction of sp³-hybridized carbons (Fsp3) is 0.536. The lowest BCUT2D eigenvalue weighted by molar-refractivity contribution is -0.192. The number of likely N-dealkylation sites (N-methyl/N-ethyl adjacent to an activating group) is 1. The number of carbonyl (C=O) groups is 5. The molecule has 45 heavy (non-hydrogen) atoms. The smallest absolute Gasteiger partial charge is 0.490 e. The van der Waals surface area contributed by atoms with Crippen LogP contribution in [0.2, 0.25) is 0 Å².